The average Bonchev–Trinajstić information content (AvgIpc) is 3.65. The number of pyridine rings is 1. The number of rotatable bonds is 14. The first-order chi connectivity index (χ1) is 26.7. The fraction of sp³-hybridized carbons (Fsp3) is 0.717. The summed E-state index contributed by atoms with van der Waals surface area (Å²) < 4.78 is 9.72. The van der Waals surface area contributed by atoms with E-state index in [-0.39, 0.29) is 51.9 Å². The van der Waals surface area contributed by atoms with Crippen LogP contribution in [0.15, 0.2) is 40.3 Å². The minimum atomic E-state index is -1.18. The van der Waals surface area contributed by atoms with Gasteiger partial charge in [0.25, 0.3) is 5.56 Å². The third-order valence-electron chi connectivity index (χ3n) is 16.1. The molecule has 3 fully saturated rings. The maximum Gasteiger partial charge on any atom is 0.309 e. The Bertz CT molecular complexity index is 1960. The second kappa shape index (κ2) is 15.7. The zero-order valence-electron chi connectivity index (χ0n) is 36.1. The lowest BCUT2D eigenvalue weighted by atomic mass is 9.35. The molecule has 0 spiro atoms. The van der Waals surface area contributed by atoms with Crippen LogP contribution in [0.4, 0.5) is 0 Å². The van der Waals surface area contributed by atoms with Gasteiger partial charge in [-0.2, -0.15) is 4.68 Å². The highest BCUT2D eigenvalue weighted by Crippen LogP contribution is 2.75. The number of carbonyl (C=O) groups is 3. The van der Waals surface area contributed by atoms with Crippen molar-refractivity contribution >= 4 is 29.3 Å². The van der Waals surface area contributed by atoms with Crippen LogP contribution in [0.25, 0.3) is 5.82 Å². The zero-order chi connectivity index (χ0) is 41.9. The van der Waals surface area contributed by atoms with Gasteiger partial charge in [-0.15, -0.1) is 0 Å². The van der Waals surface area contributed by atoms with Crippen LogP contribution in [0.2, 0.25) is 5.02 Å². The highest BCUT2D eigenvalue weighted by molar-refractivity contribution is 6.30. The molecule has 0 unspecified atom stereocenters. The second-order valence-electron chi connectivity index (χ2n) is 19.8. The Labute approximate surface area is 344 Å². The molecule has 2 aromatic rings. The molecule has 3 saturated carbocycles. The maximum atomic E-state index is 14.5. The van der Waals surface area contributed by atoms with Crippen molar-refractivity contribution in [3.05, 3.63) is 56.6 Å². The van der Waals surface area contributed by atoms with E-state index in [9.17, 15) is 24.3 Å². The molecule has 57 heavy (non-hydrogen) atoms. The molecule has 2 aromatic heterocycles. The summed E-state index contributed by atoms with van der Waals surface area (Å²) in [6.07, 6.45) is 9.89. The van der Waals surface area contributed by atoms with Gasteiger partial charge in [0.2, 0.25) is 0 Å². The van der Waals surface area contributed by atoms with Gasteiger partial charge < -0.3 is 15.2 Å². The number of carboxylic acid groups (broad SMARTS) is 1. The summed E-state index contributed by atoms with van der Waals surface area (Å²) in [5.41, 5.74) is 1.21. The molecular weight excluding hydrogens is 740 g/mol. The van der Waals surface area contributed by atoms with Crippen LogP contribution in [0, 0.1) is 45.3 Å². The number of esters is 1. The second-order valence-corrected chi connectivity index (χ2v) is 20.2. The highest BCUT2D eigenvalue weighted by Gasteiger charge is 2.68. The number of nitrogens with zero attached hydrogens (tertiary/aromatic N) is 3. The van der Waals surface area contributed by atoms with Gasteiger partial charge in [-0.3, -0.25) is 23.9 Å². The summed E-state index contributed by atoms with van der Waals surface area (Å²) in [4.78, 5) is 57.8. The molecular formula is C46H67ClN4O6. The number of likely N-dealkylation sites (N-methyl/N-ethyl adjacent to an activating group) is 1. The van der Waals surface area contributed by atoms with E-state index in [0.717, 1.165) is 62.6 Å². The monoisotopic (exact) mass is 806 g/mol. The Morgan fingerprint density at radius 1 is 1.09 bits per heavy atom. The summed E-state index contributed by atoms with van der Waals surface area (Å²) in [6.45, 7) is 20.6. The SMILES string of the molecule is CC[C@H](CC[C@@]1(C)[C@H](C)CC[C@]2(C)[C@@H]1CC[C@@H]1C3=C(C(C)C)C(=O)C[C@]3(c3cc(=O)n(-c4ccc(Cl)cn4)n3CCNC)CC[C@]12C)OC(=O)CC(C)(C)C(=O)O. The molecule has 4 aliphatic carbocycles. The van der Waals surface area contributed by atoms with E-state index in [0.29, 0.717) is 48.6 Å². The quantitative estimate of drug-likeness (QED) is 0.181. The molecule has 11 heteroatoms. The van der Waals surface area contributed by atoms with Crippen molar-refractivity contribution in [3.8, 4) is 5.82 Å². The Kier molecular flexibility index (Phi) is 12.0. The van der Waals surface area contributed by atoms with Crippen molar-refractivity contribution in [1.82, 2.24) is 19.7 Å². The number of nitrogens with one attached hydrogen (secondary N) is 1. The summed E-state index contributed by atoms with van der Waals surface area (Å²) in [7, 11) is 1.91. The zero-order valence-corrected chi connectivity index (χ0v) is 36.9. The lowest BCUT2D eigenvalue weighted by Gasteiger charge is -2.69. The predicted octanol–water partition coefficient (Wildman–Crippen LogP) is 8.94. The number of fused-ring (bicyclic) bond motifs is 5. The molecule has 0 aliphatic heterocycles. The van der Waals surface area contributed by atoms with Crippen molar-refractivity contribution in [2.24, 2.45) is 45.3 Å². The minimum Gasteiger partial charge on any atom is -0.481 e. The van der Waals surface area contributed by atoms with Crippen LogP contribution >= 0.6 is 11.6 Å². The number of allylic oxidation sites excluding steroid dienone is 2. The first-order valence-electron chi connectivity index (χ1n) is 21.5. The fourth-order valence-electron chi connectivity index (χ4n) is 12.4. The number of halogens is 1. The molecule has 0 bridgehead atoms. The molecule has 314 valence electrons. The van der Waals surface area contributed by atoms with Crippen molar-refractivity contribution in [3.63, 3.8) is 0 Å². The minimum absolute atomic E-state index is 0.00107. The van der Waals surface area contributed by atoms with Gasteiger partial charge in [0.1, 0.15) is 6.10 Å². The fourth-order valence-corrected chi connectivity index (χ4v) is 12.5. The maximum absolute atomic E-state index is 14.5. The van der Waals surface area contributed by atoms with E-state index in [1.807, 2.05) is 14.0 Å². The summed E-state index contributed by atoms with van der Waals surface area (Å²) in [5.74, 6) is 0.454. The predicted molar refractivity (Wildman–Crippen MR) is 224 cm³/mol. The Morgan fingerprint density at radius 3 is 2.42 bits per heavy atom. The lowest BCUT2D eigenvalue weighted by Crippen LogP contribution is -2.62. The van der Waals surface area contributed by atoms with E-state index < -0.39 is 22.8 Å². The molecule has 4 aliphatic rings. The van der Waals surface area contributed by atoms with Gasteiger partial charge in [0, 0.05) is 30.6 Å². The first kappa shape index (κ1) is 43.3. The van der Waals surface area contributed by atoms with Gasteiger partial charge in [0.15, 0.2) is 11.6 Å². The molecule has 0 saturated heterocycles. The van der Waals surface area contributed by atoms with Crippen LogP contribution in [-0.4, -0.2) is 56.9 Å². The number of aliphatic carboxylic acids is 1. The Morgan fingerprint density at radius 2 is 1.81 bits per heavy atom. The number of Topliss-reactive ketones (excluding diaryl/α,β-unsaturated/α-hetero) is 1. The smallest absolute Gasteiger partial charge is 0.309 e. The molecule has 6 rings (SSSR count). The lowest BCUT2D eigenvalue weighted by molar-refractivity contribution is -0.184. The number of carbonyl (C=O) groups excluding carboxylic acids is 2. The standard InChI is InChI=1S/C46H67ClN4O6/c1-11-31(57-38(54)26-42(5,6)41(55)56)17-18-43(7)29(4)16-19-45(9)34(43)14-13-32-40-39(28(2)3)33(52)25-46(40,21-20-44(32,45)8)35-24-37(53)51(50(35)23-22-48-10)36-15-12-30(47)27-49-36/h12,15,24,27-29,31-32,34,48H,11,13-14,16-23,25-26H2,1-10H3,(H,55,56)/t29-,31-,32-,34-,43+,44-,45-,46+/m1/s1. The van der Waals surface area contributed by atoms with Crippen LogP contribution in [0.3, 0.4) is 0 Å². The first-order valence-corrected chi connectivity index (χ1v) is 21.9. The van der Waals surface area contributed by atoms with Gasteiger partial charge in [-0.1, -0.05) is 60.1 Å². The number of ether oxygens (including phenoxy) is 1. The molecule has 0 amide bonds. The van der Waals surface area contributed by atoms with Crippen molar-refractivity contribution in [2.75, 3.05) is 13.6 Å². The molecule has 8 atom stereocenters. The summed E-state index contributed by atoms with van der Waals surface area (Å²) >= 11 is 6.23. The van der Waals surface area contributed by atoms with Crippen LogP contribution in [0.5, 0.6) is 0 Å². The van der Waals surface area contributed by atoms with Crippen LogP contribution in [0.1, 0.15) is 139 Å². The van der Waals surface area contributed by atoms with Crippen molar-refractivity contribution in [2.45, 2.75) is 151 Å². The third kappa shape index (κ3) is 7.16. The largest absolute Gasteiger partial charge is 0.481 e. The van der Waals surface area contributed by atoms with E-state index in [1.54, 1.807) is 42.9 Å². The normalized spacial score (nSPS) is 31.9. The Balaban J connectivity index is 1.37. The van der Waals surface area contributed by atoms with Crippen molar-refractivity contribution < 1.29 is 24.2 Å². The van der Waals surface area contributed by atoms with Gasteiger partial charge >= 0.3 is 11.9 Å². The van der Waals surface area contributed by atoms with Gasteiger partial charge in [-0.25, -0.2) is 4.98 Å². The van der Waals surface area contributed by atoms with Crippen LogP contribution in [-0.2, 0) is 31.1 Å². The number of hydrogen-bond donors (Lipinski definition) is 2. The number of ketones is 1. The van der Waals surface area contributed by atoms with Gasteiger partial charge in [0.05, 0.1) is 29.1 Å². The van der Waals surface area contributed by atoms with E-state index in [1.165, 1.54) is 5.57 Å². The van der Waals surface area contributed by atoms with E-state index >= 15 is 0 Å². The van der Waals surface area contributed by atoms with Gasteiger partial charge in [-0.05, 0) is 142 Å². The van der Waals surface area contributed by atoms with E-state index in [4.69, 9.17) is 16.3 Å². The molecule has 0 aromatic carbocycles. The number of carboxylic acids is 1. The average molecular weight is 808 g/mol. The van der Waals surface area contributed by atoms with Crippen molar-refractivity contribution in [1.29, 1.82) is 0 Å². The molecule has 2 heterocycles. The summed E-state index contributed by atoms with van der Waals surface area (Å²) in [6, 6.07) is 5.33. The number of hydrogen-bond acceptors (Lipinski definition) is 7. The number of aromatic nitrogens is 3. The molecule has 10 nitrogen and oxygen atoms in total. The third-order valence-corrected chi connectivity index (χ3v) is 16.3. The molecule has 2 N–H and O–H groups in total. The van der Waals surface area contributed by atoms with E-state index in [2.05, 4.69) is 56.5 Å². The Hall–Kier alpha value is -3.24. The summed E-state index contributed by atoms with van der Waals surface area (Å²) in [5, 5.41) is 13.4. The highest BCUT2D eigenvalue weighted by atomic mass is 35.5. The molecule has 0 radical (unpaired) electrons. The topological polar surface area (TPSA) is 133 Å². The van der Waals surface area contributed by atoms with Crippen LogP contribution < -0.4 is 10.9 Å².